The van der Waals surface area contributed by atoms with Gasteiger partial charge in [0.15, 0.2) is 0 Å². The zero-order chi connectivity index (χ0) is 18.4. The van der Waals surface area contributed by atoms with Gasteiger partial charge in [0.1, 0.15) is 0 Å². The van der Waals surface area contributed by atoms with Crippen LogP contribution in [0.25, 0.3) is 0 Å². The summed E-state index contributed by atoms with van der Waals surface area (Å²) in [5, 5.41) is 7.12. The second-order valence-electron chi connectivity index (χ2n) is 6.28. The number of aryl methyl sites for hydroxylation is 1. The first-order valence-electron chi connectivity index (χ1n) is 8.60. The molecule has 3 amide bonds. The molecule has 1 fully saturated rings. The highest BCUT2D eigenvalue weighted by molar-refractivity contribution is 7.99. The van der Waals surface area contributed by atoms with Crippen LogP contribution in [0.5, 0.6) is 0 Å². The minimum absolute atomic E-state index is 0.203. The molecule has 2 aromatic rings. The maximum Gasteiger partial charge on any atom is 0.321 e. The lowest BCUT2D eigenvalue weighted by molar-refractivity contribution is -0.121. The smallest absolute Gasteiger partial charge is 0.321 e. The van der Waals surface area contributed by atoms with E-state index in [0.29, 0.717) is 6.54 Å². The van der Waals surface area contributed by atoms with Gasteiger partial charge in [-0.15, -0.1) is 11.3 Å². The average Bonchev–Trinajstić information content (AvgIpc) is 3.15. The fraction of sp³-hybridized carbons (Fsp3) is 0.368. The fourth-order valence-corrected chi connectivity index (χ4v) is 4.70. The number of hydrogen-bond acceptors (Lipinski definition) is 5. The maximum atomic E-state index is 12.3. The molecule has 1 aromatic heterocycles. The predicted molar refractivity (Wildman–Crippen MR) is 108 cm³/mol. The zero-order valence-electron chi connectivity index (χ0n) is 14.7. The number of rotatable bonds is 5. The molecular formula is C19H23N3O2S2. The average molecular weight is 390 g/mol. The number of thioether (sulfide) groups is 1. The van der Waals surface area contributed by atoms with E-state index in [2.05, 4.69) is 46.7 Å². The van der Waals surface area contributed by atoms with Gasteiger partial charge in [-0.05, 0) is 23.9 Å². The van der Waals surface area contributed by atoms with E-state index in [0.717, 1.165) is 22.9 Å². The summed E-state index contributed by atoms with van der Waals surface area (Å²) in [7, 11) is 0. The summed E-state index contributed by atoms with van der Waals surface area (Å²) in [5.41, 5.74) is 2.45. The highest BCUT2D eigenvalue weighted by atomic mass is 32.2. The Labute approximate surface area is 162 Å². The number of thiophene rings is 1. The molecule has 0 aliphatic carbocycles. The second kappa shape index (κ2) is 9.21. The molecule has 5 nitrogen and oxygen atoms in total. The second-order valence-corrected chi connectivity index (χ2v) is 8.46. The van der Waals surface area contributed by atoms with E-state index in [9.17, 15) is 9.59 Å². The number of benzene rings is 1. The number of hydrogen-bond donors (Lipinski definition) is 2. The molecule has 2 N–H and O–H groups in total. The third kappa shape index (κ3) is 5.33. The molecule has 26 heavy (non-hydrogen) atoms. The summed E-state index contributed by atoms with van der Waals surface area (Å²) in [6, 6.07) is 12.1. The number of nitrogens with zero attached hydrogens (tertiary/aromatic N) is 1. The normalized spacial score (nSPS) is 17.7. The topological polar surface area (TPSA) is 61.4 Å². The van der Waals surface area contributed by atoms with Crippen LogP contribution in [-0.2, 0) is 11.3 Å². The van der Waals surface area contributed by atoms with Crippen LogP contribution < -0.4 is 10.6 Å². The van der Waals surface area contributed by atoms with Crippen molar-refractivity contribution in [2.45, 2.75) is 19.5 Å². The van der Waals surface area contributed by atoms with Crippen molar-refractivity contribution in [2.75, 3.05) is 24.6 Å². The van der Waals surface area contributed by atoms with Gasteiger partial charge in [-0.3, -0.25) is 15.0 Å². The Morgan fingerprint density at radius 3 is 2.77 bits per heavy atom. The van der Waals surface area contributed by atoms with Gasteiger partial charge in [-0.2, -0.15) is 11.8 Å². The van der Waals surface area contributed by atoms with E-state index in [-0.39, 0.29) is 18.5 Å². The van der Waals surface area contributed by atoms with Gasteiger partial charge in [0.25, 0.3) is 0 Å². The van der Waals surface area contributed by atoms with E-state index in [1.54, 1.807) is 11.3 Å². The number of carbonyl (C=O) groups excluding carboxylic acids is 2. The van der Waals surface area contributed by atoms with E-state index in [1.807, 2.05) is 29.3 Å². The summed E-state index contributed by atoms with van der Waals surface area (Å²) in [5.74, 6) is 1.69. The summed E-state index contributed by atoms with van der Waals surface area (Å²) >= 11 is 3.48. The number of carbonyl (C=O) groups is 2. The molecule has 7 heteroatoms. The minimum Gasteiger partial charge on any atom is -0.333 e. The molecule has 0 radical (unpaired) electrons. The van der Waals surface area contributed by atoms with Crippen molar-refractivity contribution in [2.24, 2.45) is 0 Å². The van der Waals surface area contributed by atoms with Crippen molar-refractivity contribution in [1.82, 2.24) is 15.5 Å². The Kier molecular flexibility index (Phi) is 6.71. The first-order chi connectivity index (χ1) is 12.6. The number of imide groups is 1. The van der Waals surface area contributed by atoms with E-state index in [4.69, 9.17) is 0 Å². The molecule has 0 bridgehead atoms. The lowest BCUT2D eigenvalue weighted by Crippen LogP contribution is -2.47. The molecule has 3 rings (SSSR count). The number of urea groups is 1. The summed E-state index contributed by atoms with van der Waals surface area (Å²) < 4.78 is 0. The molecule has 1 aromatic carbocycles. The van der Waals surface area contributed by atoms with Crippen molar-refractivity contribution >= 4 is 35.0 Å². The van der Waals surface area contributed by atoms with Crippen LogP contribution in [0.3, 0.4) is 0 Å². The summed E-state index contributed by atoms with van der Waals surface area (Å²) in [6.45, 7) is 3.57. The quantitative estimate of drug-likeness (QED) is 0.825. The Bertz CT molecular complexity index is 732. The van der Waals surface area contributed by atoms with Gasteiger partial charge in [-0.25, -0.2) is 4.79 Å². The molecule has 1 saturated heterocycles. The molecule has 1 atom stereocenters. The Morgan fingerprint density at radius 1 is 1.23 bits per heavy atom. The first-order valence-corrected chi connectivity index (χ1v) is 10.6. The molecule has 1 aliphatic rings. The molecule has 138 valence electrons. The van der Waals surface area contributed by atoms with Crippen molar-refractivity contribution in [3.63, 3.8) is 0 Å². The van der Waals surface area contributed by atoms with Crippen LogP contribution >= 0.6 is 23.1 Å². The van der Waals surface area contributed by atoms with Crippen LogP contribution in [-0.4, -0.2) is 41.4 Å². The lowest BCUT2D eigenvalue weighted by Gasteiger charge is -2.35. The predicted octanol–water partition coefficient (Wildman–Crippen LogP) is 3.17. The molecule has 0 saturated carbocycles. The molecule has 1 aliphatic heterocycles. The molecule has 2 heterocycles. The standard InChI is InChI=1S/C19H23N3O2S2/c1-14-4-6-15(7-5-14)17-13-25-10-8-22(17)12-18(23)21-19(24)20-11-16-3-2-9-26-16/h2-7,9,17H,8,10-13H2,1H3,(H2,20,21,23,24). The van der Waals surface area contributed by atoms with Gasteiger partial charge < -0.3 is 5.32 Å². The monoisotopic (exact) mass is 389 g/mol. The van der Waals surface area contributed by atoms with Gasteiger partial charge in [0.2, 0.25) is 5.91 Å². The highest BCUT2D eigenvalue weighted by Crippen LogP contribution is 2.29. The third-order valence-corrected chi connectivity index (χ3v) is 6.20. The highest BCUT2D eigenvalue weighted by Gasteiger charge is 2.26. The Morgan fingerprint density at radius 2 is 2.04 bits per heavy atom. The van der Waals surface area contributed by atoms with Crippen LogP contribution in [0.2, 0.25) is 0 Å². The lowest BCUT2D eigenvalue weighted by atomic mass is 10.0. The fourth-order valence-electron chi connectivity index (χ4n) is 2.90. The van der Waals surface area contributed by atoms with E-state index >= 15 is 0 Å². The molecule has 1 unspecified atom stereocenters. The molecular weight excluding hydrogens is 366 g/mol. The Hall–Kier alpha value is -1.83. The maximum absolute atomic E-state index is 12.3. The van der Waals surface area contributed by atoms with E-state index in [1.165, 1.54) is 11.1 Å². The van der Waals surface area contributed by atoms with Gasteiger partial charge in [0.05, 0.1) is 13.1 Å². The molecule has 0 spiro atoms. The first kappa shape index (κ1) is 18.9. The SMILES string of the molecule is Cc1ccc(C2CSCCN2CC(=O)NC(=O)NCc2cccs2)cc1. The van der Waals surface area contributed by atoms with Gasteiger partial charge in [0, 0.05) is 29.0 Å². The summed E-state index contributed by atoms with van der Waals surface area (Å²) in [4.78, 5) is 27.4. The zero-order valence-corrected chi connectivity index (χ0v) is 16.4. The largest absolute Gasteiger partial charge is 0.333 e. The van der Waals surface area contributed by atoms with Crippen LogP contribution in [0.1, 0.15) is 22.0 Å². The van der Waals surface area contributed by atoms with Crippen LogP contribution in [0.4, 0.5) is 4.79 Å². The van der Waals surface area contributed by atoms with Crippen molar-refractivity contribution < 1.29 is 9.59 Å². The van der Waals surface area contributed by atoms with Crippen molar-refractivity contribution in [1.29, 1.82) is 0 Å². The Balaban J connectivity index is 1.52. The van der Waals surface area contributed by atoms with Crippen LogP contribution in [0, 0.1) is 6.92 Å². The minimum atomic E-state index is -0.443. The number of amides is 3. The van der Waals surface area contributed by atoms with Crippen LogP contribution in [0.15, 0.2) is 41.8 Å². The van der Waals surface area contributed by atoms with Gasteiger partial charge >= 0.3 is 6.03 Å². The van der Waals surface area contributed by atoms with Crippen molar-refractivity contribution in [3.8, 4) is 0 Å². The van der Waals surface area contributed by atoms with Gasteiger partial charge in [-0.1, -0.05) is 35.9 Å². The van der Waals surface area contributed by atoms with E-state index < -0.39 is 6.03 Å². The third-order valence-electron chi connectivity index (χ3n) is 4.30. The van der Waals surface area contributed by atoms with Crippen molar-refractivity contribution in [3.05, 3.63) is 57.8 Å². The number of nitrogens with one attached hydrogen (secondary N) is 2. The summed E-state index contributed by atoms with van der Waals surface area (Å²) in [6.07, 6.45) is 0.